The van der Waals surface area contributed by atoms with Crippen LogP contribution >= 0.6 is 0 Å². The van der Waals surface area contributed by atoms with Gasteiger partial charge in [-0.1, -0.05) is 0 Å². The van der Waals surface area contributed by atoms with Crippen LogP contribution in [0, 0.1) is 5.92 Å². The van der Waals surface area contributed by atoms with Gasteiger partial charge in [-0.2, -0.15) is 0 Å². The highest BCUT2D eigenvalue weighted by Gasteiger charge is 2.34. The Labute approximate surface area is 76.4 Å². The van der Waals surface area contributed by atoms with Gasteiger partial charge in [-0.05, 0) is 6.42 Å². The first-order valence-electron chi connectivity index (χ1n) is 4.08. The number of methoxy groups -OCH3 is 2. The lowest BCUT2D eigenvalue weighted by Gasteiger charge is -2.06. The Balaban J connectivity index is 2.44. The SMILES string of the molecule is COC(=O)[C@H]1CN[C@H](C(=O)OC)C1. The molecule has 0 bridgehead atoms. The van der Waals surface area contributed by atoms with E-state index in [2.05, 4.69) is 14.8 Å². The summed E-state index contributed by atoms with van der Waals surface area (Å²) in [7, 11) is 2.67. The molecule has 0 aromatic rings. The normalized spacial score (nSPS) is 26.9. The summed E-state index contributed by atoms with van der Waals surface area (Å²) in [5.74, 6) is -0.834. The fourth-order valence-corrected chi connectivity index (χ4v) is 1.40. The van der Waals surface area contributed by atoms with E-state index in [4.69, 9.17) is 0 Å². The van der Waals surface area contributed by atoms with E-state index in [0.29, 0.717) is 13.0 Å². The summed E-state index contributed by atoms with van der Waals surface area (Å²) >= 11 is 0. The molecule has 13 heavy (non-hydrogen) atoms. The van der Waals surface area contributed by atoms with Gasteiger partial charge in [0.2, 0.25) is 0 Å². The van der Waals surface area contributed by atoms with Crippen LogP contribution in [0.25, 0.3) is 0 Å². The van der Waals surface area contributed by atoms with E-state index in [1.807, 2.05) is 0 Å². The fraction of sp³-hybridized carbons (Fsp3) is 0.750. The molecule has 0 aliphatic carbocycles. The summed E-state index contributed by atoms with van der Waals surface area (Å²) in [5, 5.41) is 2.90. The Morgan fingerprint density at radius 1 is 1.23 bits per heavy atom. The van der Waals surface area contributed by atoms with E-state index < -0.39 is 0 Å². The number of esters is 2. The van der Waals surface area contributed by atoms with E-state index in [1.54, 1.807) is 0 Å². The second kappa shape index (κ2) is 4.23. The largest absolute Gasteiger partial charge is 0.469 e. The minimum atomic E-state index is -0.367. The molecule has 0 amide bonds. The Morgan fingerprint density at radius 3 is 2.38 bits per heavy atom. The van der Waals surface area contributed by atoms with Crippen LogP contribution in [0.15, 0.2) is 0 Å². The molecule has 1 rings (SSSR count). The van der Waals surface area contributed by atoms with E-state index in [-0.39, 0.29) is 23.9 Å². The third kappa shape index (κ3) is 2.18. The zero-order valence-corrected chi connectivity index (χ0v) is 7.70. The van der Waals surface area contributed by atoms with Crippen molar-refractivity contribution in [1.82, 2.24) is 5.32 Å². The summed E-state index contributed by atoms with van der Waals surface area (Å²) in [6, 6.07) is -0.367. The van der Waals surface area contributed by atoms with Crippen molar-refractivity contribution < 1.29 is 19.1 Å². The second-order valence-corrected chi connectivity index (χ2v) is 2.94. The monoisotopic (exact) mass is 187 g/mol. The van der Waals surface area contributed by atoms with Crippen LogP contribution in [-0.2, 0) is 19.1 Å². The smallest absolute Gasteiger partial charge is 0.322 e. The van der Waals surface area contributed by atoms with Crippen LogP contribution in [0.1, 0.15) is 6.42 Å². The molecule has 1 heterocycles. The lowest BCUT2D eigenvalue weighted by molar-refractivity contribution is -0.145. The van der Waals surface area contributed by atoms with E-state index >= 15 is 0 Å². The zero-order valence-electron chi connectivity index (χ0n) is 7.70. The molecular weight excluding hydrogens is 174 g/mol. The van der Waals surface area contributed by atoms with Crippen molar-refractivity contribution in [2.75, 3.05) is 20.8 Å². The summed E-state index contributed by atoms with van der Waals surface area (Å²) in [4.78, 5) is 22.1. The minimum Gasteiger partial charge on any atom is -0.469 e. The lowest BCUT2D eigenvalue weighted by Crippen LogP contribution is -2.31. The molecule has 0 aromatic heterocycles. The van der Waals surface area contributed by atoms with E-state index in [1.165, 1.54) is 14.2 Å². The van der Waals surface area contributed by atoms with Gasteiger partial charge in [-0.15, -0.1) is 0 Å². The molecule has 1 aliphatic rings. The molecule has 1 fully saturated rings. The predicted molar refractivity (Wildman–Crippen MR) is 43.9 cm³/mol. The van der Waals surface area contributed by atoms with Gasteiger partial charge in [-0.3, -0.25) is 9.59 Å². The first kappa shape index (κ1) is 9.98. The second-order valence-electron chi connectivity index (χ2n) is 2.94. The molecule has 2 atom stereocenters. The average molecular weight is 187 g/mol. The fourth-order valence-electron chi connectivity index (χ4n) is 1.40. The molecule has 1 aliphatic heterocycles. The Hall–Kier alpha value is -1.10. The first-order valence-corrected chi connectivity index (χ1v) is 4.08. The number of ether oxygens (including phenoxy) is 2. The van der Waals surface area contributed by atoms with E-state index in [9.17, 15) is 9.59 Å². The topological polar surface area (TPSA) is 64.6 Å². The maximum atomic E-state index is 11.1. The molecule has 5 nitrogen and oxygen atoms in total. The van der Waals surface area contributed by atoms with Crippen LogP contribution in [0.5, 0.6) is 0 Å². The first-order chi connectivity index (χ1) is 6.19. The lowest BCUT2D eigenvalue weighted by atomic mass is 10.1. The van der Waals surface area contributed by atoms with E-state index in [0.717, 1.165) is 0 Å². The van der Waals surface area contributed by atoms with Crippen LogP contribution in [0.4, 0.5) is 0 Å². The third-order valence-electron chi connectivity index (χ3n) is 2.15. The molecule has 0 radical (unpaired) electrons. The Kier molecular flexibility index (Phi) is 3.25. The molecular formula is C8H13NO4. The summed E-state index contributed by atoms with van der Waals surface area (Å²) in [6.07, 6.45) is 0.458. The van der Waals surface area contributed by atoms with Gasteiger partial charge in [0.25, 0.3) is 0 Å². The maximum absolute atomic E-state index is 11.1. The average Bonchev–Trinajstić information content (AvgIpc) is 2.64. The molecule has 5 heteroatoms. The predicted octanol–water partition coefficient (Wildman–Crippen LogP) is -0.690. The molecule has 0 unspecified atom stereocenters. The minimum absolute atomic E-state index is 0.228. The van der Waals surface area contributed by atoms with Crippen LogP contribution < -0.4 is 5.32 Å². The van der Waals surface area contributed by atoms with Crippen LogP contribution in [-0.4, -0.2) is 38.7 Å². The van der Waals surface area contributed by atoms with Crippen molar-refractivity contribution >= 4 is 11.9 Å². The zero-order chi connectivity index (χ0) is 9.84. The van der Waals surface area contributed by atoms with Crippen LogP contribution in [0.2, 0.25) is 0 Å². The van der Waals surface area contributed by atoms with Gasteiger partial charge in [0.15, 0.2) is 0 Å². The molecule has 1 N–H and O–H groups in total. The third-order valence-corrected chi connectivity index (χ3v) is 2.15. The van der Waals surface area contributed by atoms with Crippen molar-refractivity contribution in [3.8, 4) is 0 Å². The van der Waals surface area contributed by atoms with Gasteiger partial charge in [0, 0.05) is 6.54 Å². The molecule has 0 saturated carbocycles. The van der Waals surface area contributed by atoms with Crippen molar-refractivity contribution in [2.24, 2.45) is 5.92 Å². The Morgan fingerprint density at radius 2 is 1.85 bits per heavy atom. The van der Waals surface area contributed by atoms with Crippen molar-refractivity contribution in [3.63, 3.8) is 0 Å². The number of hydrogen-bond donors (Lipinski definition) is 1. The van der Waals surface area contributed by atoms with Gasteiger partial charge < -0.3 is 14.8 Å². The van der Waals surface area contributed by atoms with Gasteiger partial charge in [0.1, 0.15) is 6.04 Å². The van der Waals surface area contributed by atoms with Crippen LogP contribution in [0.3, 0.4) is 0 Å². The van der Waals surface area contributed by atoms with Gasteiger partial charge in [0.05, 0.1) is 20.1 Å². The van der Waals surface area contributed by atoms with Crippen molar-refractivity contribution in [2.45, 2.75) is 12.5 Å². The van der Waals surface area contributed by atoms with Crippen molar-refractivity contribution in [3.05, 3.63) is 0 Å². The van der Waals surface area contributed by atoms with Gasteiger partial charge in [-0.25, -0.2) is 0 Å². The summed E-state index contributed by atoms with van der Waals surface area (Å²) < 4.78 is 9.11. The Bertz CT molecular complexity index is 194. The standard InChI is InChI=1S/C8H13NO4/c1-12-7(10)5-3-6(9-4-5)8(11)13-2/h5-6,9H,3-4H2,1-2H3/t5-,6+/m1/s1. The quantitative estimate of drug-likeness (QED) is 0.580. The highest BCUT2D eigenvalue weighted by atomic mass is 16.5. The maximum Gasteiger partial charge on any atom is 0.322 e. The summed E-state index contributed by atoms with van der Waals surface area (Å²) in [5.41, 5.74) is 0. The molecule has 74 valence electrons. The highest BCUT2D eigenvalue weighted by Crippen LogP contribution is 2.15. The van der Waals surface area contributed by atoms with Crippen molar-refractivity contribution in [1.29, 1.82) is 0 Å². The molecule has 0 aromatic carbocycles. The molecule has 1 saturated heterocycles. The highest BCUT2D eigenvalue weighted by molar-refractivity contribution is 5.79. The molecule has 0 spiro atoms. The summed E-state index contributed by atoms with van der Waals surface area (Å²) in [6.45, 7) is 0.479. The number of carbonyl (C=O) groups excluding carboxylic acids is 2. The number of nitrogens with one attached hydrogen (secondary N) is 1. The number of carbonyl (C=O) groups is 2. The number of hydrogen-bond acceptors (Lipinski definition) is 5. The van der Waals surface area contributed by atoms with Gasteiger partial charge >= 0.3 is 11.9 Å². The number of rotatable bonds is 2.